The van der Waals surface area contributed by atoms with Crippen LogP contribution >= 0.6 is 0 Å². The number of imidazole rings is 1. The Kier molecular flexibility index (Phi) is 6.82. The van der Waals surface area contributed by atoms with E-state index in [-0.39, 0.29) is 30.0 Å². The normalized spacial score (nSPS) is 14.1. The standard InChI is InChI=1S/C25H24N4O5/c1-2-34-24(30)15-23(17-7-4-3-5-8-17)28-16-26-21-14-19(11-12-22(21)28)27-25(31)18-9-6-10-20(13-18)29(32)33/h3-5,7-8,10-14,16,23H,2,6,9,15H2,1H3,(H,27,31). The smallest absolute Gasteiger partial charge is 0.308 e. The number of aromatic nitrogens is 2. The van der Waals surface area contributed by atoms with Crippen molar-refractivity contribution in [3.8, 4) is 0 Å². The van der Waals surface area contributed by atoms with Gasteiger partial charge in [0, 0.05) is 17.3 Å². The first-order valence-electron chi connectivity index (χ1n) is 11.0. The van der Waals surface area contributed by atoms with E-state index >= 15 is 0 Å². The summed E-state index contributed by atoms with van der Waals surface area (Å²) in [4.78, 5) is 39.9. The molecule has 3 aromatic rings. The number of hydrogen-bond acceptors (Lipinski definition) is 6. The number of nitro groups is 1. The number of nitrogens with zero attached hydrogens (tertiary/aromatic N) is 3. The fourth-order valence-electron chi connectivity index (χ4n) is 3.99. The van der Waals surface area contributed by atoms with Crippen LogP contribution in [0.2, 0.25) is 0 Å². The lowest BCUT2D eigenvalue weighted by Gasteiger charge is -2.19. The van der Waals surface area contributed by atoms with Gasteiger partial charge in [-0.15, -0.1) is 0 Å². The van der Waals surface area contributed by atoms with Gasteiger partial charge in [-0.1, -0.05) is 30.3 Å². The SMILES string of the molecule is CCOC(=O)CC(c1ccccc1)n1cnc2cc(NC(=O)C3=CC([N+](=O)[O-])=CCC3)ccc21. The minimum atomic E-state index is -0.495. The maximum Gasteiger partial charge on any atom is 0.308 e. The molecule has 1 N–H and O–H groups in total. The molecule has 1 unspecified atom stereocenters. The average molecular weight is 460 g/mol. The lowest BCUT2D eigenvalue weighted by molar-refractivity contribution is -0.419. The molecule has 1 heterocycles. The number of rotatable bonds is 8. The summed E-state index contributed by atoms with van der Waals surface area (Å²) in [6.07, 6.45) is 5.53. The molecule has 0 fully saturated rings. The number of anilines is 1. The van der Waals surface area contributed by atoms with Crippen molar-refractivity contribution in [2.75, 3.05) is 11.9 Å². The Labute approximate surface area is 195 Å². The van der Waals surface area contributed by atoms with Gasteiger partial charge in [-0.2, -0.15) is 0 Å². The Morgan fingerprint density at radius 2 is 2.03 bits per heavy atom. The van der Waals surface area contributed by atoms with E-state index in [4.69, 9.17) is 4.74 Å². The van der Waals surface area contributed by atoms with Gasteiger partial charge in [0.05, 0.1) is 41.4 Å². The third-order valence-electron chi connectivity index (χ3n) is 5.61. The van der Waals surface area contributed by atoms with Gasteiger partial charge < -0.3 is 14.6 Å². The van der Waals surface area contributed by atoms with Crippen LogP contribution in [0.4, 0.5) is 5.69 Å². The molecule has 1 aliphatic rings. The summed E-state index contributed by atoms with van der Waals surface area (Å²) in [5.41, 5.74) is 3.21. The Bertz CT molecular complexity index is 1290. The first-order chi connectivity index (χ1) is 16.5. The zero-order valence-corrected chi connectivity index (χ0v) is 18.6. The molecule has 1 atom stereocenters. The highest BCUT2D eigenvalue weighted by Gasteiger charge is 2.22. The van der Waals surface area contributed by atoms with Gasteiger partial charge in [0.25, 0.3) is 11.6 Å². The Morgan fingerprint density at radius 3 is 2.76 bits per heavy atom. The molecule has 1 aliphatic carbocycles. The van der Waals surface area contributed by atoms with Gasteiger partial charge in [-0.05, 0) is 49.6 Å². The van der Waals surface area contributed by atoms with Crippen molar-refractivity contribution in [2.45, 2.75) is 32.2 Å². The number of benzene rings is 2. The van der Waals surface area contributed by atoms with Crippen LogP contribution in [0, 0.1) is 10.1 Å². The molecule has 0 aliphatic heterocycles. The lowest BCUT2D eigenvalue weighted by atomic mass is 10.0. The van der Waals surface area contributed by atoms with Crippen LogP contribution < -0.4 is 5.32 Å². The van der Waals surface area contributed by atoms with Crippen molar-refractivity contribution in [3.63, 3.8) is 0 Å². The first kappa shape index (κ1) is 22.9. The monoisotopic (exact) mass is 460 g/mol. The van der Waals surface area contributed by atoms with Crippen molar-refractivity contribution in [1.82, 2.24) is 9.55 Å². The largest absolute Gasteiger partial charge is 0.466 e. The van der Waals surface area contributed by atoms with E-state index in [1.165, 1.54) is 12.2 Å². The predicted molar refractivity (Wildman–Crippen MR) is 127 cm³/mol. The second kappa shape index (κ2) is 10.1. The Morgan fingerprint density at radius 1 is 1.24 bits per heavy atom. The quantitative estimate of drug-likeness (QED) is 0.303. The third-order valence-corrected chi connectivity index (χ3v) is 5.61. The van der Waals surface area contributed by atoms with E-state index in [2.05, 4.69) is 10.3 Å². The molecule has 2 aromatic carbocycles. The fraction of sp³-hybridized carbons (Fsp3) is 0.240. The number of allylic oxidation sites excluding steroid dienone is 2. The highest BCUT2D eigenvalue weighted by Crippen LogP contribution is 2.29. The summed E-state index contributed by atoms with van der Waals surface area (Å²) in [6.45, 7) is 2.08. The van der Waals surface area contributed by atoms with Crippen LogP contribution in [0.3, 0.4) is 0 Å². The van der Waals surface area contributed by atoms with Gasteiger partial charge in [0.15, 0.2) is 0 Å². The van der Waals surface area contributed by atoms with Crippen LogP contribution in [-0.4, -0.2) is 33.0 Å². The minimum absolute atomic E-state index is 0.0702. The molecule has 1 amide bonds. The molecular weight excluding hydrogens is 436 g/mol. The molecule has 9 heteroatoms. The summed E-state index contributed by atoms with van der Waals surface area (Å²) in [6, 6.07) is 14.7. The van der Waals surface area contributed by atoms with E-state index in [0.29, 0.717) is 36.2 Å². The van der Waals surface area contributed by atoms with Gasteiger partial charge in [-0.25, -0.2) is 4.98 Å². The molecule has 4 rings (SSSR count). The van der Waals surface area contributed by atoms with Crippen LogP contribution in [0.5, 0.6) is 0 Å². The maximum atomic E-state index is 12.6. The Balaban J connectivity index is 1.59. The number of nitrogens with one attached hydrogen (secondary N) is 1. The summed E-state index contributed by atoms with van der Waals surface area (Å²) in [5, 5.41) is 13.8. The maximum absolute atomic E-state index is 12.6. The zero-order valence-electron chi connectivity index (χ0n) is 18.6. The third kappa shape index (κ3) is 5.03. The van der Waals surface area contributed by atoms with Crippen LogP contribution in [0.1, 0.15) is 37.8 Å². The minimum Gasteiger partial charge on any atom is -0.466 e. The van der Waals surface area contributed by atoms with Crippen molar-refractivity contribution in [1.29, 1.82) is 0 Å². The van der Waals surface area contributed by atoms with Crippen molar-refractivity contribution in [2.24, 2.45) is 0 Å². The molecule has 0 bridgehead atoms. The molecule has 34 heavy (non-hydrogen) atoms. The predicted octanol–water partition coefficient (Wildman–Crippen LogP) is 4.40. The molecule has 9 nitrogen and oxygen atoms in total. The summed E-state index contributed by atoms with van der Waals surface area (Å²) < 4.78 is 7.10. The molecular formula is C25H24N4O5. The topological polar surface area (TPSA) is 116 Å². The molecule has 0 radical (unpaired) electrons. The number of carbonyl (C=O) groups is 2. The average Bonchev–Trinajstić information content (AvgIpc) is 3.26. The molecule has 0 saturated heterocycles. The van der Waals surface area contributed by atoms with E-state index in [9.17, 15) is 19.7 Å². The van der Waals surface area contributed by atoms with E-state index in [0.717, 1.165) is 11.1 Å². The first-order valence-corrected chi connectivity index (χ1v) is 11.0. The summed E-state index contributed by atoms with van der Waals surface area (Å²) in [7, 11) is 0. The summed E-state index contributed by atoms with van der Waals surface area (Å²) >= 11 is 0. The number of esters is 1. The van der Waals surface area contributed by atoms with Gasteiger partial charge in [0.2, 0.25) is 0 Å². The van der Waals surface area contributed by atoms with Crippen LogP contribution in [0.25, 0.3) is 11.0 Å². The van der Waals surface area contributed by atoms with Gasteiger partial charge in [0.1, 0.15) is 0 Å². The number of fused-ring (bicyclic) bond motifs is 1. The van der Waals surface area contributed by atoms with Gasteiger partial charge in [-0.3, -0.25) is 19.7 Å². The van der Waals surface area contributed by atoms with Crippen LogP contribution in [0.15, 0.2) is 78.3 Å². The number of ether oxygens (including phenoxy) is 1. The van der Waals surface area contributed by atoms with Crippen molar-refractivity contribution >= 4 is 28.6 Å². The van der Waals surface area contributed by atoms with Crippen LogP contribution in [-0.2, 0) is 14.3 Å². The number of hydrogen-bond donors (Lipinski definition) is 1. The number of carbonyl (C=O) groups excluding carboxylic acids is 2. The molecule has 174 valence electrons. The van der Waals surface area contributed by atoms with E-state index < -0.39 is 4.92 Å². The van der Waals surface area contributed by atoms with Gasteiger partial charge >= 0.3 is 5.97 Å². The zero-order chi connectivity index (χ0) is 24.1. The lowest BCUT2D eigenvalue weighted by Crippen LogP contribution is -2.17. The molecule has 1 aromatic heterocycles. The number of amides is 1. The second-order valence-corrected chi connectivity index (χ2v) is 7.84. The highest BCUT2D eigenvalue weighted by atomic mass is 16.6. The molecule has 0 spiro atoms. The van der Waals surface area contributed by atoms with Crippen molar-refractivity contribution < 1.29 is 19.2 Å². The molecule has 0 saturated carbocycles. The highest BCUT2D eigenvalue weighted by molar-refractivity contribution is 6.04. The van der Waals surface area contributed by atoms with Crippen molar-refractivity contribution in [3.05, 3.63) is 94.0 Å². The van der Waals surface area contributed by atoms with E-state index in [1.807, 2.05) is 41.0 Å². The fourth-order valence-corrected chi connectivity index (χ4v) is 3.99. The van der Waals surface area contributed by atoms with E-state index in [1.54, 1.807) is 25.4 Å². The second-order valence-electron chi connectivity index (χ2n) is 7.84. The Hall–Kier alpha value is -4.27. The summed E-state index contributed by atoms with van der Waals surface area (Å²) in [5.74, 6) is -0.679.